The molecule has 1 aliphatic heterocycles. The van der Waals surface area contributed by atoms with E-state index < -0.39 is 6.04 Å². The normalized spacial score (nSPS) is 16.3. The van der Waals surface area contributed by atoms with Crippen LogP contribution in [0.15, 0.2) is 70.2 Å². The van der Waals surface area contributed by atoms with Crippen molar-refractivity contribution in [2.45, 2.75) is 26.8 Å². The summed E-state index contributed by atoms with van der Waals surface area (Å²) in [6.07, 6.45) is 0. The first-order valence-electron chi connectivity index (χ1n) is 10.4. The Kier molecular flexibility index (Phi) is 5.55. The van der Waals surface area contributed by atoms with Gasteiger partial charge in [-0.2, -0.15) is 4.98 Å². The van der Waals surface area contributed by atoms with Gasteiger partial charge in [0, 0.05) is 11.4 Å². The zero-order valence-electron chi connectivity index (χ0n) is 18.3. The number of aromatic nitrogens is 2. The Morgan fingerprint density at radius 3 is 2.55 bits per heavy atom. The summed E-state index contributed by atoms with van der Waals surface area (Å²) < 4.78 is 19.9. The van der Waals surface area contributed by atoms with Crippen LogP contribution in [0, 0.1) is 19.7 Å². The number of thiocarbonyl (C=S) groups is 1. The molecular formula is C25H21FN4OS2. The third-order valence-corrected chi connectivity index (χ3v) is 6.70. The van der Waals surface area contributed by atoms with Gasteiger partial charge in [-0.25, -0.2) is 4.39 Å². The SMILES string of the molecule is CC1=C(c2nc(-c3cccs3)no2)C(c2cccc(F)c2)NC(=S)N1c1cc(C)cc(C)c1. The van der Waals surface area contributed by atoms with Crippen LogP contribution in [0.25, 0.3) is 16.3 Å². The van der Waals surface area contributed by atoms with Crippen molar-refractivity contribution in [3.63, 3.8) is 0 Å². The topological polar surface area (TPSA) is 54.2 Å². The summed E-state index contributed by atoms with van der Waals surface area (Å²) in [6, 6.07) is 16.2. The summed E-state index contributed by atoms with van der Waals surface area (Å²) >= 11 is 7.32. The van der Waals surface area contributed by atoms with Crippen LogP contribution >= 0.6 is 23.6 Å². The summed E-state index contributed by atoms with van der Waals surface area (Å²) in [4.78, 5) is 7.57. The fourth-order valence-corrected chi connectivity index (χ4v) is 5.20. The third-order valence-electron chi connectivity index (χ3n) is 5.53. The molecule has 0 radical (unpaired) electrons. The fourth-order valence-electron chi connectivity index (χ4n) is 4.19. The van der Waals surface area contributed by atoms with Crippen molar-refractivity contribution in [2.75, 3.05) is 4.90 Å². The van der Waals surface area contributed by atoms with E-state index in [1.807, 2.05) is 35.4 Å². The van der Waals surface area contributed by atoms with Crippen LogP contribution in [0.2, 0.25) is 0 Å². The second-order valence-corrected chi connectivity index (χ2v) is 9.35. The zero-order valence-corrected chi connectivity index (χ0v) is 19.9. The van der Waals surface area contributed by atoms with Crippen molar-refractivity contribution in [3.05, 3.63) is 94.1 Å². The second kappa shape index (κ2) is 8.53. The lowest BCUT2D eigenvalue weighted by Crippen LogP contribution is -2.46. The van der Waals surface area contributed by atoms with Gasteiger partial charge >= 0.3 is 0 Å². The van der Waals surface area contributed by atoms with E-state index in [1.54, 1.807) is 6.07 Å². The Balaban J connectivity index is 1.69. The van der Waals surface area contributed by atoms with Gasteiger partial charge in [-0.15, -0.1) is 11.3 Å². The molecule has 1 aliphatic rings. The van der Waals surface area contributed by atoms with Crippen LogP contribution in [0.1, 0.15) is 35.5 Å². The molecule has 166 valence electrons. The molecule has 3 heterocycles. The third kappa shape index (κ3) is 4.07. The monoisotopic (exact) mass is 476 g/mol. The number of hydrogen-bond donors (Lipinski definition) is 1. The molecule has 0 saturated carbocycles. The number of benzene rings is 2. The molecule has 0 bridgehead atoms. The first kappa shape index (κ1) is 21.5. The molecule has 0 fully saturated rings. The Hall–Kier alpha value is -3.36. The van der Waals surface area contributed by atoms with E-state index in [9.17, 15) is 4.39 Å². The lowest BCUT2D eigenvalue weighted by atomic mass is 9.94. The molecule has 1 N–H and O–H groups in total. The van der Waals surface area contributed by atoms with Gasteiger partial charge in [-0.05, 0) is 85.4 Å². The summed E-state index contributed by atoms with van der Waals surface area (Å²) in [5.41, 5.74) is 5.53. The first-order valence-corrected chi connectivity index (χ1v) is 11.7. The lowest BCUT2D eigenvalue weighted by Gasteiger charge is -2.37. The van der Waals surface area contributed by atoms with Crippen LogP contribution in [0.3, 0.4) is 0 Å². The number of aryl methyl sites for hydroxylation is 2. The molecule has 0 saturated heterocycles. The van der Waals surface area contributed by atoms with Crippen LogP contribution in [-0.4, -0.2) is 15.3 Å². The quantitative estimate of drug-likeness (QED) is 0.343. The van der Waals surface area contributed by atoms with Crippen molar-refractivity contribution in [3.8, 4) is 10.7 Å². The summed E-state index contributed by atoms with van der Waals surface area (Å²) in [5, 5.41) is 10.1. The van der Waals surface area contributed by atoms with Gasteiger partial charge in [0.2, 0.25) is 5.82 Å². The molecule has 5 nitrogen and oxygen atoms in total. The van der Waals surface area contributed by atoms with E-state index in [1.165, 1.54) is 23.5 Å². The number of rotatable bonds is 4. The number of nitrogens with zero attached hydrogens (tertiary/aromatic N) is 3. The molecule has 4 aromatic rings. The number of halogens is 1. The van der Waals surface area contributed by atoms with Gasteiger partial charge in [0.15, 0.2) is 5.11 Å². The van der Waals surface area contributed by atoms with E-state index in [-0.39, 0.29) is 5.82 Å². The maximum absolute atomic E-state index is 14.1. The van der Waals surface area contributed by atoms with E-state index in [0.717, 1.165) is 38.5 Å². The van der Waals surface area contributed by atoms with Gasteiger partial charge in [-0.3, -0.25) is 4.90 Å². The standard InChI is InChI=1S/C25H21FN4OS2/c1-14-10-15(2)12-19(11-14)30-16(3)21(24-28-23(29-31-24)20-8-5-9-33-20)22(27-25(30)32)17-6-4-7-18(26)13-17/h4-13,22H,1-3H3,(H,27,32). The molecule has 0 amide bonds. The fraction of sp³-hybridized carbons (Fsp3) is 0.160. The highest BCUT2D eigenvalue weighted by molar-refractivity contribution is 7.80. The largest absolute Gasteiger partial charge is 0.351 e. The van der Waals surface area contributed by atoms with Crippen molar-refractivity contribution in [1.29, 1.82) is 0 Å². The Morgan fingerprint density at radius 2 is 1.85 bits per heavy atom. The van der Waals surface area contributed by atoms with Crippen LogP contribution < -0.4 is 10.2 Å². The maximum Gasteiger partial charge on any atom is 0.258 e. The summed E-state index contributed by atoms with van der Waals surface area (Å²) in [7, 11) is 0. The highest BCUT2D eigenvalue weighted by Crippen LogP contribution is 2.39. The number of anilines is 1. The zero-order chi connectivity index (χ0) is 23.1. The number of nitrogens with one attached hydrogen (secondary N) is 1. The minimum Gasteiger partial charge on any atom is -0.351 e. The summed E-state index contributed by atoms with van der Waals surface area (Å²) in [6.45, 7) is 6.08. The molecule has 2 aromatic heterocycles. The molecule has 1 atom stereocenters. The van der Waals surface area contributed by atoms with Gasteiger partial charge in [0.05, 0.1) is 16.5 Å². The highest BCUT2D eigenvalue weighted by Gasteiger charge is 2.35. The number of allylic oxidation sites excluding steroid dienone is 1. The number of hydrogen-bond acceptors (Lipinski definition) is 5. The Labute approximate surface area is 200 Å². The minimum atomic E-state index is -0.438. The van der Waals surface area contributed by atoms with E-state index in [0.29, 0.717) is 16.8 Å². The van der Waals surface area contributed by atoms with Crippen LogP contribution in [0.4, 0.5) is 10.1 Å². The van der Waals surface area contributed by atoms with E-state index in [4.69, 9.17) is 16.7 Å². The van der Waals surface area contributed by atoms with Gasteiger partial charge in [0.1, 0.15) is 5.82 Å². The highest BCUT2D eigenvalue weighted by atomic mass is 32.1. The number of thiophene rings is 1. The molecule has 5 rings (SSSR count). The van der Waals surface area contributed by atoms with Crippen molar-refractivity contribution < 1.29 is 8.91 Å². The van der Waals surface area contributed by atoms with Crippen molar-refractivity contribution in [1.82, 2.24) is 15.5 Å². The first-order chi connectivity index (χ1) is 15.9. The second-order valence-electron chi connectivity index (χ2n) is 8.02. The van der Waals surface area contributed by atoms with Crippen molar-refractivity contribution in [2.24, 2.45) is 0 Å². The average molecular weight is 477 g/mol. The van der Waals surface area contributed by atoms with Crippen molar-refractivity contribution >= 4 is 39.9 Å². The van der Waals surface area contributed by atoms with E-state index >= 15 is 0 Å². The molecule has 33 heavy (non-hydrogen) atoms. The van der Waals surface area contributed by atoms with E-state index in [2.05, 4.69) is 47.5 Å². The van der Waals surface area contributed by atoms with Gasteiger partial charge < -0.3 is 9.84 Å². The Bertz CT molecular complexity index is 1360. The maximum atomic E-state index is 14.1. The molecule has 0 aliphatic carbocycles. The average Bonchev–Trinajstić information content (AvgIpc) is 3.45. The lowest BCUT2D eigenvalue weighted by molar-refractivity contribution is 0.404. The molecule has 1 unspecified atom stereocenters. The molecule has 8 heteroatoms. The minimum absolute atomic E-state index is 0.321. The predicted molar refractivity (Wildman–Crippen MR) is 133 cm³/mol. The molecule has 2 aromatic carbocycles. The van der Waals surface area contributed by atoms with Gasteiger partial charge in [0.25, 0.3) is 5.89 Å². The smallest absolute Gasteiger partial charge is 0.258 e. The summed E-state index contributed by atoms with van der Waals surface area (Å²) in [5.74, 6) is 0.567. The molecular weight excluding hydrogens is 455 g/mol. The molecule has 0 spiro atoms. The van der Waals surface area contributed by atoms with Gasteiger partial charge in [-0.1, -0.05) is 29.4 Å². The van der Waals surface area contributed by atoms with Crippen LogP contribution in [-0.2, 0) is 0 Å². The predicted octanol–water partition coefficient (Wildman–Crippen LogP) is 6.42. The Morgan fingerprint density at radius 1 is 1.06 bits per heavy atom. The van der Waals surface area contributed by atoms with Crippen LogP contribution in [0.5, 0.6) is 0 Å².